The highest BCUT2D eigenvalue weighted by atomic mass is 16.5. The van der Waals surface area contributed by atoms with E-state index in [1.807, 2.05) is 72.8 Å². The molecule has 0 aliphatic carbocycles. The van der Waals surface area contributed by atoms with Gasteiger partial charge in [0.25, 0.3) is 5.91 Å². The Morgan fingerprint density at radius 2 is 1.56 bits per heavy atom. The summed E-state index contributed by atoms with van der Waals surface area (Å²) < 4.78 is 15.9. The first kappa shape index (κ1) is 27.3. The summed E-state index contributed by atoms with van der Waals surface area (Å²) in [5, 5.41) is 8.17. The van der Waals surface area contributed by atoms with Gasteiger partial charge in [0.1, 0.15) is 18.1 Å². The zero-order valence-corrected chi connectivity index (χ0v) is 22.7. The van der Waals surface area contributed by atoms with Crippen molar-refractivity contribution in [1.82, 2.24) is 4.98 Å². The molecule has 5 rings (SSSR count). The third kappa shape index (κ3) is 6.47. The molecule has 0 fully saturated rings. The fourth-order valence-corrected chi connectivity index (χ4v) is 4.64. The molecule has 9 nitrogen and oxygen atoms in total. The number of methoxy groups -OCH3 is 1. The first-order valence-corrected chi connectivity index (χ1v) is 13.0. The van der Waals surface area contributed by atoms with Crippen molar-refractivity contribution >= 4 is 51.0 Å². The lowest BCUT2D eigenvalue weighted by atomic mass is 9.98. The Morgan fingerprint density at radius 1 is 0.805 bits per heavy atom. The molecule has 1 aromatic heterocycles. The number of fused-ring (bicyclic) bond motifs is 2. The van der Waals surface area contributed by atoms with Gasteiger partial charge in [-0.2, -0.15) is 0 Å². The SMILES string of the molecule is COc1ccc2[nH]c(C(=O)Nc3cc(NC(=O)OCc4ccccc4)c4ccccc4c3CCOC(C)=O)cc2c1. The predicted molar refractivity (Wildman–Crippen MR) is 157 cm³/mol. The van der Waals surface area contributed by atoms with E-state index in [1.165, 1.54) is 6.92 Å². The van der Waals surface area contributed by atoms with Gasteiger partial charge in [-0.15, -0.1) is 0 Å². The van der Waals surface area contributed by atoms with Crippen LogP contribution in [0.15, 0.2) is 84.9 Å². The molecule has 208 valence electrons. The van der Waals surface area contributed by atoms with Crippen molar-refractivity contribution in [3.05, 3.63) is 102 Å². The summed E-state index contributed by atoms with van der Waals surface area (Å²) in [5.74, 6) is -0.0877. The van der Waals surface area contributed by atoms with Crippen molar-refractivity contribution in [3.63, 3.8) is 0 Å². The van der Waals surface area contributed by atoms with E-state index in [4.69, 9.17) is 14.2 Å². The smallest absolute Gasteiger partial charge is 0.411 e. The van der Waals surface area contributed by atoms with Gasteiger partial charge in [-0.25, -0.2) is 4.79 Å². The normalized spacial score (nSPS) is 10.8. The van der Waals surface area contributed by atoms with E-state index in [0.29, 0.717) is 29.2 Å². The van der Waals surface area contributed by atoms with Crippen molar-refractivity contribution in [3.8, 4) is 5.75 Å². The summed E-state index contributed by atoms with van der Waals surface area (Å²) in [6, 6.07) is 25.8. The summed E-state index contributed by atoms with van der Waals surface area (Å²) in [7, 11) is 1.58. The maximum atomic E-state index is 13.4. The molecule has 5 aromatic rings. The quantitative estimate of drug-likeness (QED) is 0.182. The molecule has 0 aliphatic rings. The highest BCUT2D eigenvalue weighted by molar-refractivity contribution is 6.10. The van der Waals surface area contributed by atoms with E-state index in [-0.39, 0.29) is 19.1 Å². The second-order valence-electron chi connectivity index (χ2n) is 9.36. The van der Waals surface area contributed by atoms with Gasteiger partial charge >= 0.3 is 12.1 Å². The van der Waals surface area contributed by atoms with Gasteiger partial charge in [-0.1, -0.05) is 54.6 Å². The number of H-pyrrole nitrogens is 1. The number of hydrogen-bond donors (Lipinski definition) is 3. The summed E-state index contributed by atoms with van der Waals surface area (Å²) in [6.07, 6.45) is -0.285. The van der Waals surface area contributed by atoms with Crippen LogP contribution in [0.1, 0.15) is 28.5 Å². The summed E-state index contributed by atoms with van der Waals surface area (Å²) >= 11 is 0. The largest absolute Gasteiger partial charge is 0.497 e. The number of esters is 1. The van der Waals surface area contributed by atoms with Crippen molar-refractivity contribution in [2.75, 3.05) is 24.4 Å². The number of rotatable bonds is 9. The molecule has 4 aromatic carbocycles. The average Bonchev–Trinajstić information content (AvgIpc) is 3.41. The molecule has 0 bridgehead atoms. The number of benzene rings is 4. The van der Waals surface area contributed by atoms with E-state index in [9.17, 15) is 14.4 Å². The number of anilines is 2. The fraction of sp³-hybridized carbons (Fsp3) is 0.156. The minimum Gasteiger partial charge on any atom is -0.497 e. The topological polar surface area (TPSA) is 119 Å². The maximum Gasteiger partial charge on any atom is 0.411 e. The molecule has 1 heterocycles. The van der Waals surface area contributed by atoms with E-state index in [0.717, 1.165) is 32.8 Å². The molecule has 0 spiro atoms. The first-order valence-electron chi connectivity index (χ1n) is 13.0. The van der Waals surface area contributed by atoms with Gasteiger partial charge in [0.15, 0.2) is 0 Å². The van der Waals surface area contributed by atoms with Crippen LogP contribution < -0.4 is 15.4 Å². The Morgan fingerprint density at radius 3 is 2.32 bits per heavy atom. The lowest BCUT2D eigenvalue weighted by molar-refractivity contribution is -0.140. The maximum absolute atomic E-state index is 13.4. The summed E-state index contributed by atoms with van der Waals surface area (Å²) in [4.78, 5) is 40.8. The number of aromatic amines is 1. The molecule has 0 aliphatic heterocycles. The van der Waals surface area contributed by atoms with E-state index in [1.54, 1.807) is 19.2 Å². The molecular weight excluding hydrogens is 522 g/mol. The Hall–Kier alpha value is -5.31. The molecule has 0 unspecified atom stereocenters. The molecule has 3 N–H and O–H groups in total. The minimum atomic E-state index is -0.631. The van der Waals surface area contributed by atoms with Crippen molar-refractivity contribution in [2.24, 2.45) is 0 Å². The number of ether oxygens (including phenoxy) is 3. The van der Waals surface area contributed by atoms with Crippen molar-refractivity contribution in [1.29, 1.82) is 0 Å². The van der Waals surface area contributed by atoms with Gasteiger partial charge in [-0.3, -0.25) is 14.9 Å². The zero-order valence-electron chi connectivity index (χ0n) is 22.7. The summed E-state index contributed by atoms with van der Waals surface area (Å²) in [6.45, 7) is 1.58. The molecule has 0 atom stereocenters. The Labute approximate surface area is 236 Å². The van der Waals surface area contributed by atoms with Crippen LogP contribution in [0.4, 0.5) is 16.2 Å². The Kier molecular flexibility index (Phi) is 8.15. The lowest BCUT2D eigenvalue weighted by Gasteiger charge is -2.18. The van der Waals surface area contributed by atoms with Gasteiger partial charge in [0.05, 0.1) is 19.4 Å². The second kappa shape index (κ2) is 12.3. The molecule has 0 radical (unpaired) electrons. The monoisotopic (exact) mass is 551 g/mol. The van der Waals surface area contributed by atoms with E-state index in [2.05, 4.69) is 15.6 Å². The molecule has 0 saturated carbocycles. The fourth-order valence-electron chi connectivity index (χ4n) is 4.64. The third-order valence-electron chi connectivity index (χ3n) is 6.58. The highest BCUT2D eigenvalue weighted by Crippen LogP contribution is 2.34. The number of aromatic nitrogens is 1. The van der Waals surface area contributed by atoms with E-state index >= 15 is 0 Å². The van der Waals surface area contributed by atoms with Crippen molar-refractivity contribution < 1.29 is 28.6 Å². The van der Waals surface area contributed by atoms with E-state index < -0.39 is 12.1 Å². The van der Waals surface area contributed by atoms with Crippen LogP contribution in [-0.4, -0.2) is 36.7 Å². The molecule has 41 heavy (non-hydrogen) atoms. The number of carbonyl (C=O) groups excluding carboxylic acids is 3. The van der Waals surface area contributed by atoms with Gasteiger partial charge < -0.3 is 24.5 Å². The van der Waals surface area contributed by atoms with Gasteiger partial charge in [0.2, 0.25) is 0 Å². The minimum absolute atomic E-state index is 0.111. The average molecular weight is 552 g/mol. The number of hydrogen-bond acceptors (Lipinski definition) is 6. The molecular formula is C32H29N3O6. The molecule has 9 heteroatoms. The van der Waals surface area contributed by atoms with Crippen LogP contribution in [0, 0.1) is 0 Å². The molecule has 0 saturated heterocycles. The molecule has 2 amide bonds. The van der Waals surface area contributed by atoms with Crippen LogP contribution in [0.3, 0.4) is 0 Å². The number of amides is 2. The Bertz CT molecular complexity index is 1730. The van der Waals surface area contributed by atoms with Crippen LogP contribution in [0.25, 0.3) is 21.7 Å². The van der Waals surface area contributed by atoms with Gasteiger partial charge in [-0.05, 0) is 46.8 Å². The third-order valence-corrected chi connectivity index (χ3v) is 6.58. The van der Waals surface area contributed by atoms with Crippen LogP contribution in [0.2, 0.25) is 0 Å². The van der Waals surface area contributed by atoms with Crippen LogP contribution >= 0.6 is 0 Å². The second-order valence-corrected chi connectivity index (χ2v) is 9.36. The standard InChI is InChI=1S/C32H29N3O6/c1-20(36)40-15-14-26-24-10-6-7-11-25(24)29(35-32(38)41-19-21-8-4-3-5-9-21)18-28(26)34-31(37)30-17-22-16-23(39-2)12-13-27(22)33-30/h3-13,16-18,33H,14-15,19H2,1-2H3,(H,34,37)(H,35,38). The Balaban J connectivity index is 1.47. The highest BCUT2D eigenvalue weighted by Gasteiger charge is 2.18. The number of nitrogens with one attached hydrogen (secondary N) is 3. The lowest BCUT2D eigenvalue weighted by Crippen LogP contribution is -2.17. The van der Waals surface area contributed by atoms with Gasteiger partial charge in [0, 0.05) is 35.3 Å². The number of carbonyl (C=O) groups is 3. The zero-order chi connectivity index (χ0) is 28.8. The van der Waals surface area contributed by atoms with Crippen molar-refractivity contribution in [2.45, 2.75) is 20.0 Å². The first-order chi connectivity index (χ1) is 19.9. The predicted octanol–water partition coefficient (Wildman–Crippen LogP) is 6.44. The summed E-state index contributed by atoms with van der Waals surface area (Å²) in [5.41, 5.74) is 3.69. The van der Waals surface area contributed by atoms with Crippen LogP contribution in [0.5, 0.6) is 5.75 Å². The van der Waals surface area contributed by atoms with Crippen LogP contribution in [-0.2, 0) is 27.3 Å².